The minimum absolute atomic E-state index is 0.00164. The van der Waals surface area contributed by atoms with Crippen LogP contribution < -0.4 is 10.3 Å². The predicted octanol–water partition coefficient (Wildman–Crippen LogP) is 6.11. The highest BCUT2D eigenvalue weighted by atomic mass is 32.2. The van der Waals surface area contributed by atoms with Crippen LogP contribution in [-0.2, 0) is 7.05 Å². The van der Waals surface area contributed by atoms with Gasteiger partial charge in [-0.2, -0.15) is 0 Å². The van der Waals surface area contributed by atoms with Crippen LogP contribution in [0, 0.1) is 13.8 Å². The Morgan fingerprint density at radius 2 is 1.58 bits per heavy atom. The molecule has 2 heterocycles. The first-order valence-electron chi connectivity index (χ1n) is 11.6. The number of ether oxygens (including phenoxy) is 1. The third kappa shape index (κ3) is 4.57. The summed E-state index contributed by atoms with van der Waals surface area (Å²) in [7, 11) is 1.95. The zero-order chi connectivity index (χ0) is 25.2. The SMILES string of the molecule is Cc1cc(C(=O)CSc2nc3ccccc3c(=O)n2-c2ccc(Oc3ccccc3)cc2)c(C)n1C. The smallest absolute Gasteiger partial charge is 0.266 e. The number of carbonyl (C=O) groups excluding carboxylic acids is 1. The Morgan fingerprint density at radius 3 is 2.28 bits per heavy atom. The highest BCUT2D eigenvalue weighted by Crippen LogP contribution is 2.26. The number of rotatable bonds is 7. The fraction of sp³-hybridized carbons (Fsp3) is 0.138. The van der Waals surface area contributed by atoms with E-state index in [1.165, 1.54) is 11.8 Å². The lowest BCUT2D eigenvalue weighted by molar-refractivity contribution is 0.102. The summed E-state index contributed by atoms with van der Waals surface area (Å²) in [4.78, 5) is 31.3. The molecule has 0 bridgehead atoms. The van der Waals surface area contributed by atoms with Crippen LogP contribution in [0.4, 0.5) is 0 Å². The van der Waals surface area contributed by atoms with Gasteiger partial charge in [-0.3, -0.25) is 14.2 Å². The number of thioether (sulfide) groups is 1. The molecule has 3 aromatic carbocycles. The average Bonchev–Trinajstić information content (AvgIpc) is 3.16. The highest BCUT2D eigenvalue weighted by molar-refractivity contribution is 7.99. The maximum absolute atomic E-state index is 13.5. The van der Waals surface area contributed by atoms with Crippen molar-refractivity contribution in [2.45, 2.75) is 19.0 Å². The van der Waals surface area contributed by atoms with Crippen LogP contribution in [0.25, 0.3) is 16.6 Å². The second-order valence-electron chi connectivity index (χ2n) is 8.52. The van der Waals surface area contributed by atoms with Crippen molar-refractivity contribution in [3.8, 4) is 17.2 Å². The Kier molecular flexibility index (Phi) is 6.48. The second kappa shape index (κ2) is 9.87. The normalized spacial score (nSPS) is 11.1. The molecular weight excluding hydrogens is 470 g/mol. The monoisotopic (exact) mass is 495 g/mol. The molecule has 36 heavy (non-hydrogen) atoms. The first-order chi connectivity index (χ1) is 17.4. The molecule has 0 saturated heterocycles. The number of carbonyl (C=O) groups is 1. The van der Waals surface area contributed by atoms with E-state index in [2.05, 4.69) is 0 Å². The fourth-order valence-electron chi connectivity index (χ4n) is 4.07. The third-order valence-electron chi connectivity index (χ3n) is 6.23. The number of para-hydroxylation sites is 2. The maximum Gasteiger partial charge on any atom is 0.266 e. The van der Waals surface area contributed by atoms with Gasteiger partial charge in [-0.05, 0) is 68.4 Å². The molecular formula is C29H25N3O3S. The molecule has 2 aromatic heterocycles. The quantitative estimate of drug-likeness (QED) is 0.155. The number of aryl methyl sites for hydroxylation is 1. The van der Waals surface area contributed by atoms with E-state index in [9.17, 15) is 9.59 Å². The summed E-state index contributed by atoms with van der Waals surface area (Å²) < 4.78 is 9.46. The van der Waals surface area contributed by atoms with Gasteiger partial charge in [-0.15, -0.1) is 0 Å². The van der Waals surface area contributed by atoms with Crippen molar-refractivity contribution >= 4 is 28.4 Å². The van der Waals surface area contributed by atoms with Crippen LogP contribution in [0.15, 0.2) is 94.9 Å². The van der Waals surface area contributed by atoms with Crippen LogP contribution in [0.3, 0.4) is 0 Å². The molecule has 0 aliphatic rings. The molecule has 5 aromatic rings. The number of hydrogen-bond donors (Lipinski definition) is 0. The zero-order valence-electron chi connectivity index (χ0n) is 20.3. The third-order valence-corrected chi connectivity index (χ3v) is 7.17. The summed E-state index contributed by atoms with van der Waals surface area (Å²) in [6, 6.07) is 26.0. The van der Waals surface area contributed by atoms with E-state index in [-0.39, 0.29) is 17.1 Å². The highest BCUT2D eigenvalue weighted by Gasteiger charge is 2.18. The van der Waals surface area contributed by atoms with E-state index in [0.717, 1.165) is 17.1 Å². The number of benzene rings is 3. The van der Waals surface area contributed by atoms with Crippen LogP contribution in [-0.4, -0.2) is 25.7 Å². The molecule has 0 fully saturated rings. The fourth-order valence-corrected chi connectivity index (χ4v) is 4.97. The first-order valence-corrected chi connectivity index (χ1v) is 12.5. The van der Waals surface area contributed by atoms with Gasteiger partial charge in [0.05, 0.1) is 22.3 Å². The first kappa shape index (κ1) is 23.6. The summed E-state index contributed by atoms with van der Waals surface area (Å²) >= 11 is 1.27. The lowest BCUT2D eigenvalue weighted by Gasteiger charge is -2.14. The molecule has 0 aliphatic heterocycles. The number of nitrogens with zero attached hydrogens (tertiary/aromatic N) is 3. The Bertz CT molecular complexity index is 1620. The number of hydrogen-bond acceptors (Lipinski definition) is 5. The van der Waals surface area contributed by atoms with E-state index in [0.29, 0.717) is 33.1 Å². The van der Waals surface area contributed by atoms with Gasteiger partial charge in [0.25, 0.3) is 5.56 Å². The molecule has 0 N–H and O–H groups in total. The minimum Gasteiger partial charge on any atom is -0.457 e. The summed E-state index contributed by atoms with van der Waals surface area (Å²) in [5.74, 6) is 1.56. The maximum atomic E-state index is 13.5. The standard InChI is InChI=1S/C29H25N3O3S/c1-19-17-25(20(2)31(19)3)27(33)18-36-29-30-26-12-8-7-11-24(26)28(34)32(29)21-13-15-23(16-14-21)35-22-9-5-4-6-10-22/h4-17H,18H2,1-3H3. The molecule has 0 radical (unpaired) electrons. The van der Waals surface area contributed by atoms with Crippen LogP contribution >= 0.6 is 11.8 Å². The molecule has 7 heteroatoms. The number of Topliss-reactive ketones (excluding diaryl/α,β-unsaturated/α-hetero) is 1. The second-order valence-corrected chi connectivity index (χ2v) is 9.46. The number of fused-ring (bicyclic) bond motifs is 1. The average molecular weight is 496 g/mol. The van der Waals surface area contributed by atoms with E-state index < -0.39 is 0 Å². The lowest BCUT2D eigenvalue weighted by Crippen LogP contribution is -2.22. The van der Waals surface area contributed by atoms with Crippen molar-refractivity contribution in [1.82, 2.24) is 14.1 Å². The van der Waals surface area contributed by atoms with E-state index in [4.69, 9.17) is 9.72 Å². The Morgan fingerprint density at radius 1 is 0.917 bits per heavy atom. The minimum atomic E-state index is -0.181. The van der Waals surface area contributed by atoms with Crippen molar-refractivity contribution < 1.29 is 9.53 Å². The van der Waals surface area contributed by atoms with Crippen molar-refractivity contribution in [3.05, 3.63) is 112 Å². The largest absolute Gasteiger partial charge is 0.457 e. The lowest BCUT2D eigenvalue weighted by atomic mass is 10.2. The molecule has 0 aliphatic carbocycles. The van der Waals surface area contributed by atoms with Crippen LogP contribution in [0.1, 0.15) is 21.7 Å². The van der Waals surface area contributed by atoms with Gasteiger partial charge in [0.2, 0.25) is 0 Å². The summed E-state index contributed by atoms with van der Waals surface area (Å²) in [6.45, 7) is 3.92. The molecule has 5 rings (SSSR count). The molecule has 0 amide bonds. The van der Waals surface area contributed by atoms with Gasteiger partial charge in [-0.1, -0.05) is 42.1 Å². The Balaban J connectivity index is 1.49. The summed E-state index contributed by atoms with van der Waals surface area (Å²) in [5.41, 5.74) is 3.72. The number of ketones is 1. The van der Waals surface area contributed by atoms with E-state index in [1.54, 1.807) is 10.6 Å². The molecule has 0 saturated carbocycles. The van der Waals surface area contributed by atoms with Gasteiger partial charge >= 0.3 is 0 Å². The van der Waals surface area contributed by atoms with Gasteiger partial charge in [0.1, 0.15) is 11.5 Å². The molecule has 0 unspecified atom stereocenters. The molecule has 0 atom stereocenters. The molecule has 0 spiro atoms. The van der Waals surface area contributed by atoms with E-state index >= 15 is 0 Å². The zero-order valence-corrected chi connectivity index (χ0v) is 21.1. The number of aromatic nitrogens is 3. The van der Waals surface area contributed by atoms with Crippen LogP contribution in [0.2, 0.25) is 0 Å². The topological polar surface area (TPSA) is 66.1 Å². The van der Waals surface area contributed by atoms with Gasteiger partial charge < -0.3 is 9.30 Å². The van der Waals surface area contributed by atoms with Crippen molar-refractivity contribution in [3.63, 3.8) is 0 Å². The van der Waals surface area contributed by atoms with Gasteiger partial charge in [0.15, 0.2) is 10.9 Å². The van der Waals surface area contributed by atoms with Crippen LogP contribution in [0.5, 0.6) is 11.5 Å². The Hall–Kier alpha value is -4.10. The molecule has 180 valence electrons. The summed E-state index contributed by atoms with van der Waals surface area (Å²) in [6.07, 6.45) is 0. The molecule has 6 nitrogen and oxygen atoms in total. The van der Waals surface area contributed by atoms with Gasteiger partial charge in [0, 0.05) is 24.0 Å². The van der Waals surface area contributed by atoms with Crippen molar-refractivity contribution in [1.29, 1.82) is 0 Å². The van der Waals surface area contributed by atoms with Gasteiger partial charge in [-0.25, -0.2) is 4.98 Å². The van der Waals surface area contributed by atoms with E-state index in [1.807, 2.05) is 104 Å². The predicted molar refractivity (Wildman–Crippen MR) is 144 cm³/mol. The Labute approximate surface area is 213 Å². The van der Waals surface area contributed by atoms with Crippen molar-refractivity contribution in [2.75, 3.05) is 5.75 Å². The van der Waals surface area contributed by atoms with Crippen molar-refractivity contribution in [2.24, 2.45) is 7.05 Å². The summed E-state index contributed by atoms with van der Waals surface area (Å²) in [5, 5.41) is 0.987.